The largest absolute Gasteiger partial charge is 0.324 e. The van der Waals surface area contributed by atoms with Crippen LogP contribution < -0.4 is 10.9 Å². The van der Waals surface area contributed by atoms with Crippen LogP contribution in [0.2, 0.25) is 5.02 Å². The van der Waals surface area contributed by atoms with E-state index < -0.39 is 0 Å². The summed E-state index contributed by atoms with van der Waals surface area (Å²) in [4.78, 5) is 17.7. The molecule has 2 aromatic heterocycles. The Balaban J connectivity index is 1.83. The van der Waals surface area contributed by atoms with E-state index in [2.05, 4.69) is 10.4 Å². The van der Waals surface area contributed by atoms with Gasteiger partial charge in [-0.3, -0.25) is 4.79 Å². The predicted octanol–water partition coefficient (Wildman–Crippen LogP) is 4.43. The first-order valence-corrected chi connectivity index (χ1v) is 9.07. The zero-order valence-electron chi connectivity index (χ0n) is 14.6. The average Bonchev–Trinajstić information content (AvgIpc) is 3.08. The summed E-state index contributed by atoms with van der Waals surface area (Å²) in [6.07, 6.45) is 0. The first-order valence-electron chi connectivity index (χ1n) is 8.69. The Bertz CT molecular complexity index is 1360. The highest BCUT2D eigenvalue weighted by Gasteiger charge is 2.17. The van der Waals surface area contributed by atoms with Gasteiger partial charge < -0.3 is 5.32 Å². The Morgan fingerprint density at radius 1 is 0.857 bits per heavy atom. The van der Waals surface area contributed by atoms with Crippen molar-refractivity contribution in [3.63, 3.8) is 0 Å². The fourth-order valence-corrected chi connectivity index (χ4v) is 3.27. The fraction of sp³-hybridized carbons (Fsp3) is 0. The van der Waals surface area contributed by atoms with Crippen LogP contribution in [-0.2, 0) is 0 Å². The molecule has 0 unspecified atom stereocenters. The first kappa shape index (κ1) is 16.5. The van der Waals surface area contributed by atoms with E-state index in [-0.39, 0.29) is 5.56 Å². The Morgan fingerprint density at radius 3 is 2.36 bits per heavy atom. The molecule has 0 saturated carbocycles. The zero-order valence-corrected chi connectivity index (χ0v) is 15.3. The molecule has 7 heteroatoms. The summed E-state index contributed by atoms with van der Waals surface area (Å²) in [7, 11) is 0. The monoisotopic (exact) mass is 387 g/mol. The smallest absolute Gasteiger partial charge is 0.283 e. The van der Waals surface area contributed by atoms with Gasteiger partial charge in [0.05, 0.1) is 16.6 Å². The highest BCUT2D eigenvalue weighted by Crippen LogP contribution is 2.23. The molecule has 0 aliphatic carbocycles. The van der Waals surface area contributed by atoms with Gasteiger partial charge in [0, 0.05) is 10.7 Å². The number of halogens is 1. The van der Waals surface area contributed by atoms with Crippen LogP contribution in [0.15, 0.2) is 83.7 Å². The topological polar surface area (TPSA) is 64.2 Å². The Labute approximate surface area is 164 Å². The number of nitrogens with zero attached hydrogens (tertiary/aromatic N) is 4. The van der Waals surface area contributed by atoms with Gasteiger partial charge in [0.1, 0.15) is 0 Å². The number of benzene rings is 3. The van der Waals surface area contributed by atoms with E-state index in [1.54, 1.807) is 22.8 Å². The standard InChI is InChI=1S/C21H14ClN5O/c22-14-10-12-16(13-11-14)26-20(23-15-6-2-1-3-7-15)25-27-19(28)17-8-4-5-9-18(17)24-21(26)27/h1-13H,(H,23,25). The molecule has 0 radical (unpaired) electrons. The molecule has 0 fully saturated rings. The van der Waals surface area contributed by atoms with E-state index >= 15 is 0 Å². The molecule has 1 N–H and O–H groups in total. The second-order valence-corrected chi connectivity index (χ2v) is 6.71. The highest BCUT2D eigenvalue weighted by molar-refractivity contribution is 6.30. The van der Waals surface area contributed by atoms with Crippen molar-refractivity contribution in [1.82, 2.24) is 19.2 Å². The van der Waals surface area contributed by atoms with Gasteiger partial charge in [-0.1, -0.05) is 41.9 Å². The molecule has 136 valence electrons. The van der Waals surface area contributed by atoms with Crippen LogP contribution >= 0.6 is 11.6 Å². The molecule has 0 spiro atoms. The van der Waals surface area contributed by atoms with Crippen molar-refractivity contribution in [1.29, 1.82) is 0 Å². The number of hydrogen-bond donors (Lipinski definition) is 1. The summed E-state index contributed by atoms with van der Waals surface area (Å²) in [5.41, 5.74) is 2.05. The van der Waals surface area contributed by atoms with Gasteiger partial charge in [-0.25, -0.2) is 9.55 Å². The van der Waals surface area contributed by atoms with Crippen molar-refractivity contribution in [2.75, 3.05) is 5.32 Å². The van der Waals surface area contributed by atoms with Crippen LogP contribution in [0.1, 0.15) is 0 Å². The molecular formula is C21H14ClN5O. The maximum Gasteiger partial charge on any atom is 0.283 e. The van der Waals surface area contributed by atoms with Crippen molar-refractivity contribution < 1.29 is 0 Å². The molecule has 3 aromatic carbocycles. The molecule has 0 aliphatic heterocycles. The first-order chi connectivity index (χ1) is 13.7. The third-order valence-corrected chi connectivity index (χ3v) is 4.71. The molecule has 0 atom stereocenters. The number of aromatic nitrogens is 4. The van der Waals surface area contributed by atoms with Crippen LogP contribution in [0.3, 0.4) is 0 Å². The van der Waals surface area contributed by atoms with Crippen molar-refractivity contribution in [2.24, 2.45) is 0 Å². The third kappa shape index (κ3) is 2.71. The minimum absolute atomic E-state index is 0.218. The molecule has 0 bridgehead atoms. The minimum atomic E-state index is -0.218. The Hall–Kier alpha value is -3.64. The SMILES string of the molecule is O=c1c2ccccc2nc2n(-c3ccc(Cl)cc3)c(Nc3ccccc3)nn12. The van der Waals surface area contributed by atoms with Crippen LogP contribution in [0, 0.1) is 0 Å². The van der Waals surface area contributed by atoms with Crippen molar-refractivity contribution in [3.05, 3.63) is 94.2 Å². The Kier molecular flexibility index (Phi) is 3.84. The number of hydrogen-bond acceptors (Lipinski definition) is 4. The normalized spacial score (nSPS) is 11.2. The molecule has 5 aromatic rings. The van der Waals surface area contributed by atoms with Gasteiger partial charge in [0.2, 0.25) is 11.7 Å². The minimum Gasteiger partial charge on any atom is -0.324 e. The lowest BCUT2D eigenvalue weighted by Gasteiger charge is -2.09. The quantitative estimate of drug-likeness (QED) is 0.497. The summed E-state index contributed by atoms with van der Waals surface area (Å²) in [6.45, 7) is 0. The number of rotatable bonds is 3. The fourth-order valence-electron chi connectivity index (χ4n) is 3.14. The van der Waals surface area contributed by atoms with Crippen LogP contribution in [0.5, 0.6) is 0 Å². The molecule has 5 rings (SSSR count). The van der Waals surface area contributed by atoms with Gasteiger partial charge >= 0.3 is 0 Å². The summed E-state index contributed by atoms with van der Waals surface area (Å²) >= 11 is 6.05. The van der Waals surface area contributed by atoms with Gasteiger partial charge in [-0.05, 0) is 48.5 Å². The number of nitrogens with one attached hydrogen (secondary N) is 1. The summed E-state index contributed by atoms with van der Waals surface area (Å²) in [5, 5.41) is 8.94. The average molecular weight is 388 g/mol. The molecule has 28 heavy (non-hydrogen) atoms. The summed E-state index contributed by atoms with van der Waals surface area (Å²) in [6, 6.07) is 24.2. The van der Waals surface area contributed by atoms with Crippen molar-refractivity contribution in [2.45, 2.75) is 0 Å². The van der Waals surface area contributed by atoms with Crippen LogP contribution in [0.25, 0.3) is 22.4 Å². The number of para-hydroxylation sites is 2. The number of fused-ring (bicyclic) bond motifs is 2. The lowest BCUT2D eigenvalue weighted by atomic mass is 10.2. The molecule has 6 nitrogen and oxygen atoms in total. The maximum absolute atomic E-state index is 13.0. The summed E-state index contributed by atoms with van der Waals surface area (Å²) in [5.74, 6) is 0.901. The van der Waals surface area contributed by atoms with E-state index in [0.29, 0.717) is 27.7 Å². The molecular weight excluding hydrogens is 374 g/mol. The van der Waals surface area contributed by atoms with E-state index in [4.69, 9.17) is 16.6 Å². The van der Waals surface area contributed by atoms with E-state index in [9.17, 15) is 4.79 Å². The van der Waals surface area contributed by atoms with Gasteiger partial charge in [-0.15, -0.1) is 5.10 Å². The van der Waals surface area contributed by atoms with Crippen LogP contribution in [-0.4, -0.2) is 19.2 Å². The lowest BCUT2D eigenvalue weighted by Crippen LogP contribution is -2.16. The van der Waals surface area contributed by atoms with Crippen molar-refractivity contribution >= 4 is 39.9 Å². The van der Waals surface area contributed by atoms with E-state index in [0.717, 1.165) is 11.4 Å². The van der Waals surface area contributed by atoms with Crippen molar-refractivity contribution in [3.8, 4) is 5.69 Å². The second-order valence-electron chi connectivity index (χ2n) is 6.27. The lowest BCUT2D eigenvalue weighted by molar-refractivity contribution is 0.917. The molecule has 0 amide bonds. The molecule has 0 aliphatic rings. The second kappa shape index (κ2) is 6.51. The zero-order chi connectivity index (χ0) is 19.1. The third-order valence-electron chi connectivity index (χ3n) is 4.46. The van der Waals surface area contributed by atoms with Gasteiger partial charge in [0.15, 0.2) is 0 Å². The van der Waals surface area contributed by atoms with Gasteiger partial charge in [-0.2, -0.15) is 4.52 Å². The number of anilines is 2. The Morgan fingerprint density at radius 2 is 1.57 bits per heavy atom. The molecule has 2 heterocycles. The summed E-state index contributed by atoms with van der Waals surface area (Å²) < 4.78 is 3.12. The highest BCUT2D eigenvalue weighted by atomic mass is 35.5. The van der Waals surface area contributed by atoms with Gasteiger partial charge in [0.25, 0.3) is 5.56 Å². The maximum atomic E-state index is 13.0. The van der Waals surface area contributed by atoms with Crippen LogP contribution in [0.4, 0.5) is 11.6 Å². The van der Waals surface area contributed by atoms with E-state index in [1.165, 1.54) is 4.52 Å². The molecule has 0 saturated heterocycles. The van der Waals surface area contributed by atoms with E-state index in [1.807, 2.05) is 60.7 Å². The predicted molar refractivity (Wildman–Crippen MR) is 111 cm³/mol.